The molecule has 1 aromatic carbocycles. The molecule has 0 radical (unpaired) electrons. The van der Waals surface area contributed by atoms with Gasteiger partial charge in [0.1, 0.15) is 5.75 Å². The molecule has 1 N–H and O–H groups in total. The predicted molar refractivity (Wildman–Crippen MR) is 75.2 cm³/mol. The largest absolute Gasteiger partial charge is 0.497 e. The van der Waals surface area contributed by atoms with E-state index in [1.165, 1.54) is 5.56 Å². The molecule has 0 fully saturated rings. The molecule has 19 heavy (non-hydrogen) atoms. The molecule has 0 spiro atoms. The Morgan fingerprint density at radius 2 is 1.95 bits per heavy atom. The smallest absolute Gasteiger partial charge is 0.118 e. The molecule has 2 aromatic rings. The Morgan fingerprint density at radius 3 is 2.58 bits per heavy atom. The van der Waals surface area contributed by atoms with Crippen LogP contribution in [0.1, 0.15) is 29.3 Å². The lowest BCUT2D eigenvalue weighted by Gasteiger charge is -2.13. The Labute approximate surface area is 113 Å². The number of benzene rings is 1. The zero-order chi connectivity index (χ0) is 13.7. The van der Waals surface area contributed by atoms with Crippen LogP contribution in [0, 0.1) is 6.92 Å². The van der Waals surface area contributed by atoms with Gasteiger partial charge >= 0.3 is 0 Å². The maximum Gasteiger partial charge on any atom is 0.118 e. The second-order valence-electron chi connectivity index (χ2n) is 4.58. The molecule has 2 rings (SSSR count). The van der Waals surface area contributed by atoms with Gasteiger partial charge in [-0.25, -0.2) is 0 Å². The average molecular weight is 257 g/mol. The van der Waals surface area contributed by atoms with E-state index in [0.29, 0.717) is 6.42 Å². The maximum absolute atomic E-state index is 10.2. The molecule has 0 aliphatic rings. The first kappa shape index (κ1) is 13.6. The lowest BCUT2D eigenvalue weighted by Crippen LogP contribution is -2.03. The third kappa shape index (κ3) is 3.55. The normalized spacial score (nSPS) is 12.2. The number of aryl methyl sites for hydroxylation is 2. The monoisotopic (exact) mass is 257 g/mol. The third-order valence-corrected chi connectivity index (χ3v) is 3.27. The second-order valence-corrected chi connectivity index (χ2v) is 4.58. The highest BCUT2D eigenvalue weighted by molar-refractivity contribution is 5.27. The number of hydrogen-bond acceptors (Lipinski definition) is 3. The fourth-order valence-corrected chi connectivity index (χ4v) is 2.10. The van der Waals surface area contributed by atoms with Crippen molar-refractivity contribution >= 4 is 0 Å². The Hall–Kier alpha value is -1.87. The maximum atomic E-state index is 10.2. The van der Waals surface area contributed by atoms with Crippen molar-refractivity contribution in [3.63, 3.8) is 0 Å². The van der Waals surface area contributed by atoms with Gasteiger partial charge in [-0.05, 0) is 43.5 Å². The molecule has 0 amide bonds. The standard InChI is InChI=1S/C16H19NO2/c1-12-15(4-3-11-17-12)16(18)10-7-13-5-8-14(19-2)9-6-13/h3-6,8-9,11,16,18H,7,10H2,1-2H3. The highest BCUT2D eigenvalue weighted by Crippen LogP contribution is 2.21. The first-order valence-corrected chi connectivity index (χ1v) is 6.43. The SMILES string of the molecule is COc1ccc(CCC(O)c2cccnc2C)cc1. The van der Waals surface area contributed by atoms with Gasteiger partial charge in [-0.3, -0.25) is 4.98 Å². The van der Waals surface area contributed by atoms with Gasteiger partial charge in [-0.2, -0.15) is 0 Å². The highest BCUT2D eigenvalue weighted by Gasteiger charge is 2.10. The number of pyridine rings is 1. The molecule has 1 atom stereocenters. The van der Waals surface area contributed by atoms with E-state index in [-0.39, 0.29) is 0 Å². The van der Waals surface area contributed by atoms with E-state index < -0.39 is 6.10 Å². The number of rotatable bonds is 5. The van der Waals surface area contributed by atoms with Crippen molar-refractivity contribution < 1.29 is 9.84 Å². The topological polar surface area (TPSA) is 42.4 Å². The number of nitrogens with zero attached hydrogens (tertiary/aromatic N) is 1. The van der Waals surface area contributed by atoms with E-state index >= 15 is 0 Å². The Bertz CT molecular complexity index is 523. The van der Waals surface area contributed by atoms with E-state index in [9.17, 15) is 5.11 Å². The van der Waals surface area contributed by atoms with Gasteiger partial charge in [0.25, 0.3) is 0 Å². The van der Waals surface area contributed by atoms with Crippen LogP contribution in [0.3, 0.4) is 0 Å². The quantitative estimate of drug-likeness (QED) is 0.895. The van der Waals surface area contributed by atoms with Crippen LogP contribution in [-0.4, -0.2) is 17.2 Å². The van der Waals surface area contributed by atoms with Crippen molar-refractivity contribution in [2.45, 2.75) is 25.9 Å². The van der Waals surface area contributed by atoms with Crippen LogP contribution in [0.25, 0.3) is 0 Å². The van der Waals surface area contributed by atoms with Crippen molar-refractivity contribution in [2.24, 2.45) is 0 Å². The van der Waals surface area contributed by atoms with E-state index in [0.717, 1.165) is 23.4 Å². The molecule has 1 unspecified atom stereocenters. The number of aromatic nitrogens is 1. The van der Waals surface area contributed by atoms with Gasteiger partial charge in [0, 0.05) is 17.5 Å². The second kappa shape index (κ2) is 6.34. The Balaban J connectivity index is 1.96. The van der Waals surface area contributed by atoms with Gasteiger partial charge < -0.3 is 9.84 Å². The molecule has 3 heteroatoms. The summed E-state index contributed by atoms with van der Waals surface area (Å²) < 4.78 is 5.12. The first-order valence-electron chi connectivity index (χ1n) is 6.43. The number of hydrogen-bond donors (Lipinski definition) is 1. The average Bonchev–Trinajstić information content (AvgIpc) is 2.46. The highest BCUT2D eigenvalue weighted by atomic mass is 16.5. The van der Waals surface area contributed by atoms with Crippen LogP contribution in [0.4, 0.5) is 0 Å². The minimum Gasteiger partial charge on any atom is -0.497 e. The van der Waals surface area contributed by atoms with Gasteiger partial charge in [-0.1, -0.05) is 18.2 Å². The number of aliphatic hydroxyl groups is 1. The minimum absolute atomic E-state index is 0.462. The van der Waals surface area contributed by atoms with Crippen LogP contribution in [0.5, 0.6) is 5.75 Å². The number of methoxy groups -OCH3 is 1. The first-order chi connectivity index (χ1) is 9.20. The van der Waals surface area contributed by atoms with Crippen LogP contribution in [0.2, 0.25) is 0 Å². The summed E-state index contributed by atoms with van der Waals surface area (Å²) in [6.07, 6.45) is 2.81. The summed E-state index contributed by atoms with van der Waals surface area (Å²) in [5, 5.41) is 10.2. The summed E-state index contributed by atoms with van der Waals surface area (Å²) in [6.45, 7) is 1.92. The molecule has 1 aromatic heterocycles. The third-order valence-electron chi connectivity index (χ3n) is 3.27. The van der Waals surface area contributed by atoms with Crippen molar-refractivity contribution in [2.75, 3.05) is 7.11 Å². The fourth-order valence-electron chi connectivity index (χ4n) is 2.10. The summed E-state index contributed by atoms with van der Waals surface area (Å²) in [5.74, 6) is 0.854. The number of aliphatic hydroxyl groups excluding tert-OH is 1. The number of ether oxygens (including phenoxy) is 1. The molecule has 0 bridgehead atoms. The Morgan fingerprint density at radius 1 is 1.21 bits per heavy atom. The summed E-state index contributed by atoms with van der Waals surface area (Å²) in [5.41, 5.74) is 3.00. The van der Waals surface area contributed by atoms with Gasteiger partial charge in [0.2, 0.25) is 0 Å². The summed E-state index contributed by atoms with van der Waals surface area (Å²) in [4.78, 5) is 4.20. The minimum atomic E-state index is -0.462. The molecule has 0 aliphatic heterocycles. The molecule has 0 saturated carbocycles. The van der Waals surface area contributed by atoms with Crippen LogP contribution >= 0.6 is 0 Å². The van der Waals surface area contributed by atoms with Gasteiger partial charge in [-0.15, -0.1) is 0 Å². The summed E-state index contributed by atoms with van der Waals surface area (Å²) in [7, 11) is 1.66. The van der Waals surface area contributed by atoms with Gasteiger partial charge in [0.15, 0.2) is 0 Å². The zero-order valence-corrected chi connectivity index (χ0v) is 11.3. The summed E-state index contributed by atoms with van der Waals surface area (Å²) >= 11 is 0. The van der Waals surface area contributed by atoms with E-state index in [2.05, 4.69) is 4.98 Å². The van der Waals surface area contributed by atoms with E-state index in [1.54, 1.807) is 13.3 Å². The molecule has 3 nitrogen and oxygen atoms in total. The van der Waals surface area contributed by atoms with E-state index in [1.807, 2.05) is 43.3 Å². The Kier molecular flexibility index (Phi) is 4.53. The van der Waals surface area contributed by atoms with Crippen LogP contribution < -0.4 is 4.74 Å². The van der Waals surface area contributed by atoms with Crippen molar-refractivity contribution in [3.05, 3.63) is 59.4 Å². The molecule has 1 heterocycles. The zero-order valence-electron chi connectivity index (χ0n) is 11.3. The van der Waals surface area contributed by atoms with E-state index in [4.69, 9.17) is 4.74 Å². The lowest BCUT2D eigenvalue weighted by molar-refractivity contribution is 0.166. The molecular formula is C16H19NO2. The summed E-state index contributed by atoms with van der Waals surface area (Å²) in [6, 6.07) is 11.7. The van der Waals surface area contributed by atoms with Crippen LogP contribution in [-0.2, 0) is 6.42 Å². The lowest BCUT2D eigenvalue weighted by atomic mass is 10.0. The predicted octanol–water partition coefficient (Wildman–Crippen LogP) is 3.06. The fraction of sp³-hybridized carbons (Fsp3) is 0.312. The van der Waals surface area contributed by atoms with Crippen molar-refractivity contribution in [1.82, 2.24) is 4.98 Å². The molecule has 100 valence electrons. The van der Waals surface area contributed by atoms with Crippen molar-refractivity contribution in [3.8, 4) is 5.75 Å². The molecular weight excluding hydrogens is 238 g/mol. The molecule has 0 saturated heterocycles. The molecule has 0 aliphatic carbocycles. The van der Waals surface area contributed by atoms with Gasteiger partial charge in [0.05, 0.1) is 13.2 Å². The van der Waals surface area contributed by atoms with Crippen LogP contribution in [0.15, 0.2) is 42.6 Å². The van der Waals surface area contributed by atoms with Crippen molar-refractivity contribution in [1.29, 1.82) is 0 Å².